The average molecular weight is 344 g/mol. The first-order valence-electron chi connectivity index (χ1n) is 8.78. The van der Waals surface area contributed by atoms with E-state index < -0.39 is 5.91 Å². The van der Waals surface area contributed by atoms with Crippen molar-refractivity contribution in [2.75, 3.05) is 0 Å². The number of carbonyl (C=O) groups is 2. The summed E-state index contributed by atoms with van der Waals surface area (Å²) < 4.78 is 5.19. The quantitative estimate of drug-likeness (QED) is 0.865. The second kappa shape index (κ2) is 7.21. The van der Waals surface area contributed by atoms with E-state index >= 15 is 0 Å². The maximum Gasteiger partial charge on any atom is 0.258 e. The van der Waals surface area contributed by atoms with E-state index in [9.17, 15) is 9.59 Å². The van der Waals surface area contributed by atoms with E-state index in [0.717, 1.165) is 25.7 Å². The van der Waals surface area contributed by atoms with Crippen molar-refractivity contribution in [1.29, 1.82) is 0 Å². The highest BCUT2D eigenvalue weighted by atomic mass is 16.5. The van der Waals surface area contributed by atoms with Gasteiger partial charge >= 0.3 is 0 Å². The number of primary amides is 1. The molecule has 2 amide bonds. The van der Waals surface area contributed by atoms with Gasteiger partial charge < -0.3 is 15.6 Å². The Morgan fingerprint density at radius 2 is 2.04 bits per heavy atom. The Kier molecular flexibility index (Phi) is 5.01. The Balaban J connectivity index is 1.88. The van der Waals surface area contributed by atoms with Gasteiger partial charge in [0.2, 0.25) is 5.91 Å². The molecule has 1 saturated carbocycles. The van der Waals surface area contributed by atoms with Crippen LogP contribution < -0.4 is 11.1 Å². The van der Waals surface area contributed by atoms with E-state index in [1.54, 1.807) is 19.9 Å². The van der Waals surface area contributed by atoms with Crippen LogP contribution in [-0.2, 0) is 4.79 Å². The fraction of sp³-hybridized carbons (Fsp3) is 0.556. The number of aryl methyl sites for hydroxylation is 2. The Labute approximate surface area is 146 Å². The topological polar surface area (TPSA) is 111 Å². The van der Waals surface area contributed by atoms with E-state index in [-0.39, 0.29) is 24.3 Å². The SMILES string of the molecule is Cc1cc(C(=O)N[C@@H](CC(N)=O)C2CCCCC2)c2c(C)noc2n1. The molecule has 2 aromatic heterocycles. The second-order valence-electron chi connectivity index (χ2n) is 6.91. The van der Waals surface area contributed by atoms with E-state index in [1.165, 1.54) is 6.42 Å². The number of nitrogens with zero attached hydrogens (tertiary/aromatic N) is 2. The fourth-order valence-corrected chi connectivity index (χ4v) is 3.73. The first kappa shape index (κ1) is 17.4. The highest BCUT2D eigenvalue weighted by Gasteiger charge is 2.28. The zero-order chi connectivity index (χ0) is 18.0. The highest BCUT2D eigenvalue weighted by molar-refractivity contribution is 6.06. The molecule has 134 valence electrons. The molecule has 0 radical (unpaired) electrons. The van der Waals surface area contributed by atoms with Crippen LogP contribution >= 0.6 is 0 Å². The summed E-state index contributed by atoms with van der Waals surface area (Å²) in [5, 5.41) is 7.55. The Bertz CT molecular complexity index is 793. The first-order chi connectivity index (χ1) is 12.0. The summed E-state index contributed by atoms with van der Waals surface area (Å²) >= 11 is 0. The number of pyridine rings is 1. The Hall–Kier alpha value is -2.44. The van der Waals surface area contributed by atoms with Crippen molar-refractivity contribution < 1.29 is 14.1 Å². The standard InChI is InChI=1S/C18H24N4O3/c1-10-8-13(16-11(2)22-25-18(16)20-10)17(24)21-14(9-15(19)23)12-6-4-3-5-7-12/h8,12,14H,3-7,9H2,1-2H3,(H2,19,23)(H,21,24)/t14-/m0/s1. The average Bonchev–Trinajstić information content (AvgIpc) is 2.94. The van der Waals surface area contributed by atoms with Crippen LogP contribution in [0.25, 0.3) is 11.1 Å². The van der Waals surface area contributed by atoms with Crippen molar-refractivity contribution in [2.45, 2.75) is 58.4 Å². The zero-order valence-electron chi connectivity index (χ0n) is 14.7. The maximum atomic E-state index is 12.9. The third-order valence-corrected chi connectivity index (χ3v) is 4.95. The molecule has 2 aromatic rings. The molecule has 25 heavy (non-hydrogen) atoms. The number of nitrogens with one attached hydrogen (secondary N) is 1. The largest absolute Gasteiger partial charge is 0.370 e. The third-order valence-electron chi connectivity index (χ3n) is 4.95. The second-order valence-corrected chi connectivity index (χ2v) is 6.91. The van der Waals surface area contributed by atoms with Gasteiger partial charge in [-0.3, -0.25) is 9.59 Å². The van der Waals surface area contributed by atoms with Crippen LogP contribution in [0, 0.1) is 19.8 Å². The molecular weight excluding hydrogens is 320 g/mol. The number of nitrogens with two attached hydrogens (primary N) is 1. The molecule has 2 heterocycles. The monoisotopic (exact) mass is 344 g/mol. The van der Waals surface area contributed by atoms with Gasteiger partial charge in [-0.05, 0) is 38.7 Å². The van der Waals surface area contributed by atoms with Crippen molar-refractivity contribution in [3.63, 3.8) is 0 Å². The predicted molar refractivity (Wildman–Crippen MR) is 92.9 cm³/mol. The molecule has 7 heteroatoms. The fourth-order valence-electron chi connectivity index (χ4n) is 3.73. The third kappa shape index (κ3) is 3.81. The van der Waals surface area contributed by atoms with Gasteiger partial charge in [-0.2, -0.15) is 0 Å². The summed E-state index contributed by atoms with van der Waals surface area (Å²) in [6, 6.07) is 1.48. The summed E-state index contributed by atoms with van der Waals surface area (Å²) in [6.45, 7) is 3.58. The summed E-state index contributed by atoms with van der Waals surface area (Å²) in [6.07, 6.45) is 5.63. The molecular formula is C18H24N4O3. The molecule has 1 atom stereocenters. The normalized spacial score (nSPS) is 16.7. The lowest BCUT2D eigenvalue weighted by molar-refractivity contribution is -0.118. The molecule has 0 aromatic carbocycles. The van der Waals surface area contributed by atoms with Crippen LogP contribution in [0.2, 0.25) is 0 Å². The number of fused-ring (bicyclic) bond motifs is 1. The van der Waals surface area contributed by atoms with E-state index in [2.05, 4.69) is 15.5 Å². The van der Waals surface area contributed by atoms with Crippen molar-refractivity contribution in [1.82, 2.24) is 15.5 Å². The Morgan fingerprint density at radius 1 is 1.32 bits per heavy atom. The lowest BCUT2D eigenvalue weighted by Gasteiger charge is -2.30. The van der Waals surface area contributed by atoms with Gasteiger partial charge in [-0.25, -0.2) is 4.98 Å². The van der Waals surface area contributed by atoms with E-state index in [4.69, 9.17) is 10.3 Å². The van der Waals surface area contributed by atoms with Crippen molar-refractivity contribution in [3.8, 4) is 0 Å². The van der Waals surface area contributed by atoms with Crippen LogP contribution in [0.15, 0.2) is 10.6 Å². The van der Waals surface area contributed by atoms with Gasteiger partial charge in [0, 0.05) is 18.2 Å². The van der Waals surface area contributed by atoms with Gasteiger partial charge in [-0.15, -0.1) is 0 Å². The first-order valence-corrected chi connectivity index (χ1v) is 8.78. The van der Waals surface area contributed by atoms with Crippen molar-refractivity contribution in [3.05, 3.63) is 23.0 Å². The summed E-state index contributed by atoms with van der Waals surface area (Å²) in [5.41, 5.74) is 7.54. The molecule has 1 aliphatic carbocycles. The summed E-state index contributed by atoms with van der Waals surface area (Å²) in [4.78, 5) is 28.7. The molecule has 0 unspecified atom stereocenters. The van der Waals surface area contributed by atoms with E-state index in [1.807, 2.05) is 0 Å². The molecule has 1 fully saturated rings. The smallest absolute Gasteiger partial charge is 0.258 e. The molecule has 3 rings (SSSR count). The summed E-state index contributed by atoms with van der Waals surface area (Å²) in [7, 11) is 0. The molecule has 7 nitrogen and oxygen atoms in total. The predicted octanol–water partition coefficient (Wildman–Crippen LogP) is 2.39. The van der Waals surface area contributed by atoms with Gasteiger partial charge in [0.05, 0.1) is 16.6 Å². The minimum absolute atomic E-state index is 0.159. The van der Waals surface area contributed by atoms with Crippen LogP contribution in [-0.4, -0.2) is 28.0 Å². The lowest BCUT2D eigenvalue weighted by atomic mass is 9.82. The highest BCUT2D eigenvalue weighted by Crippen LogP contribution is 2.28. The van der Waals surface area contributed by atoms with Crippen LogP contribution in [0.4, 0.5) is 0 Å². The number of carbonyl (C=O) groups excluding carboxylic acids is 2. The molecule has 3 N–H and O–H groups in total. The van der Waals surface area contributed by atoms with Crippen molar-refractivity contribution in [2.24, 2.45) is 11.7 Å². The summed E-state index contributed by atoms with van der Waals surface area (Å²) in [5.74, 6) is -0.348. The maximum absolute atomic E-state index is 12.9. The molecule has 0 saturated heterocycles. The van der Waals surface area contributed by atoms with Crippen LogP contribution in [0.5, 0.6) is 0 Å². The number of rotatable bonds is 5. The molecule has 0 aliphatic heterocycles. The molecule has 1 aliphatic rings. The van der Waals surface area contributed by atoms with Gasteiger partial charge in [0.25, 0.3) is 11.6 Å². The molecule has 0 spiro atoms. The minimum atomic E-state index is -0.395. The molecule has 0 bridgehead atoms. The van der Waals surface area contributed by atoms with Crippen molar-refractivity contribution >= 4 is 22.9 Å². The zero-order valence-corrected chi connectivity index (χ0v) is 14.7. The van der Waals surface area contributed by atoms with Gasteiger partial charge in [0.1, 0.15) is 0 Å². The number of aromatic nitrogens is 2. The van der Waals surface area contributed by atoms with Gasteiger partial charge in [-0.1, -0.05) is 24.4 Å². The Morgan fingerprint density at radius 3 is 2.72 bits per heavy atom. The lowest BCUT2D eigenvalue weighted by Crippen LogP contribution is -2.43. The number of amides is 2. The van der Waals surface area contributed by atoms with E-state index in [0.29, 0.717) is 28.1 Å². The van der Waals surface area contributed by atoms with Gasteiger partial charge in [0.15, 0.2) is 0 Å². The number of hydrogen-bond acceptors (Lipinski definition) is 5. The number of hydrogen-bond donors (Lipinski definition) is 2. The minimum Gasteiger partial charge on any atom is -0.370 e. The van der Waals surface area contributed by atoms with Crippen LogP contribution in [0.3, 0.4) is 0 Å². The van der Waals surface area contributed by atoms with Crippen LogP contribution in [0.1, 0.15) is 60.3 Å².